The molecule has 6 heteroatoms. The third-order valence-electron chi connectivity index (χ3n) is 5.08. The number of hydrogen-bond acceptors (Lipinski definition) is 5. The van der Waals surface area contributed by atoms with Crippen LogP contribution in [0.2, 0.25) is 0 Å². The Morgan fingerprint density at radius 3 is 2.78 bits per heavy atom. The summed E-state index contributed by atoms with van der Waals surface area (Å²) in [4.78, 5) is 17.4. The van der Waals surface area contributed by atoms with Crippen LogP contribution < -0.4 is 5.32 Å². The molecule has 23 heavy (non-hydrogen) atoms. The van der Waals surface area contributed by atoms with Gasteiger partial charge in [0.2, 0.25) is 5.91 Å². The highest BCUT2D eigenvalue weighted by Gasteiger charge is 2.33. The molecule has 0 saturated carbocycles. The fraction of sp³-hybridized carbons (Fsp3) is 0.941. The highest BCUT2D eigenvalue weighted by molar-refractivity contribution is 7.99. The van der Waals surface area contributed by atoms with Crippen molar-refractivity contribution in [2.24, 2.45) is 0 Å². The minimum Gasteiger partial charge on any atom is -0.373 e. The quantitative estimate of drug-likeness (QED) is 0.832. The van der Waals surface area contributed by atoms with Crippen molar-refractivity contribution in [3.05, 3.63) is 0 Å². The summed E-state index contributed by atoms with van der Waals surface area (Å²) in [5.41, 5.74) is 0. The van der Waals surface area contributed by atoms with E-state index in [0.29, 0.717) is 36.6 Å². The number of carbonyl (C=O) groups excluding carboxylic acids is 1. The van der Waals surface area contributed by atoms with Gasteiger partial charge in [-0.3, -0.25) is 9.69 Å². The zero-order chi connectivity index (χ0) is 16.2. The van der Waals surface area contributed by atoms with Crippen LogP contribution in [-0.4, -0.2) is 84.2 Å². The Morgan fingerprint density at radius 2 is 2.09 bits per heavy atom. The lowest BCUT2D eigenvalue weighted by molar-refractivity contribution is -0.133. The maximum atomic E-state index is 12.7. The number of carbonyl (C=O) groups is 1. The first-order valence-corrected chi connectivity index (χ1v) is 10.3. The van der Waals surface area contributed by atoms with E-state index in [-0.39, 0.29) is 0 Å². The van der Waals surface area contributed by atoms with Crippen molar-refractivity contribution in [1.29, 1.82) is 0 Å². The number of morpholine rings is 1. The fourth-order valence-electron chi connectivity index (χ4n) is 4.16. The largest absolute Gasteiger partial charge is 0.373 e. The Bertz CT molecular complexity index is 393. The van der Waals surface area contributed by atoms with E-state index in [9.17, 15) is 4.79 Å². The van der Waals surface area contributed by atoms with Crippen molar-refractivity contribution in [2.75, 3.05) is 44.2 Å². The molecule has 132 valence electrons. The van der Waals surface area contributed by atoms with Gasteiger partial charge in [-0.1, -0.05) is 0 Å². The average Bonchev–Trinajstić information content (AvgIpc) is 2.95. The molecule has 3 aliphatic rings. The summed E-state index contributed by atoms with van der Waals surface area (Å²) in [5, 5.41) is 3.49. The lowest BCUT2D eigenvalue weighted by atomic mass is 10.1. The van der Waals surface area contributed by atoms with Crippen molar-refractivity contribution < 1.29 is 9.53 Å². The van der Waals surface area contributed by atoms with Crippen LogP contribution in [0.25, 0.3) is 0 Å². The summed E-state index contributed by atoms with van der Waals surface area (Å²) in [6.45, 7) is 9.26. The van der Waals surface area contributed by atoms with Gasteiger partial charge >= 0.3 is 0 Å². The first-order valence-electron chi connectivity index (χ1n) is 9.10. The molecule has 0 bridgehead atoms. The molecule has 3 aliphatic heterocycles. The molecule has 3 heterocycles. The van der Waals surface area contributed by atoms with Gasteiger partial charge in [-0.2, -0.15) is 11.8 Å². The van der Waals surface area contributed by atoms with Gasteiger partial charge in [-0.25, -0.2) is 0 Å². The highest BCUT2D eigenvalue weighted by Crippen LogP contribution is 2.22. The number of amides is 1. The van der Waals surface area contributed by atoms with Crippen molar-refractivity contribution in [2.45, 2.75) is 57.4 Å². The molecule has 0 aromatic heterocycles. The van der Waals surface area contributed by atoms with Crippen molar-refractivity contribution >= 4 is 17.7 Å². The van der Waals surface area contributed by atoms with E-state index in [1.165, 1.54) is 5.75 Å². The maximum absolute atomic E-state index is 12.7. The van der Waals surface area contributed by atoms with Gasteiger partial charge in [0.1, 0.15) is 0 Å². The highest BCUT2D eigenvalue weighted by atomic mass is 32.2. The van der Waals surface area contributed by atoms with Crippen LogP contribution in [-0.2, 0) is 9.53 Å². The van der Waals surface area contributed by atoms with E-state index >= 15 is 0 Å². The molecular formula is C17H31N3O2S. The van der Waals surface area contributed by atoms with Crippen LogP contribution in [0.15, 0.2) is 0 Å². The summed E-state index contributed by atoms with van der Waals surface area (Å²) in [6.07, 6.45) is 3.57. The summed E-state index contributed by atoms with van der Waals surface area (Å²) >= 11 is 1.96. The van der Waals surface area contributed by atoms with Gasteiger partial charge in [0, 0.05) is 62.7 Å². The molecular weight excluding hydrogens is 310 g/mol. The normalized spacial score (nSPS) is 36.3. The zero-order valence-electron chi connectivity index (χ0n) is 14.5. The number of likely N-dealkylation sites (tertiary alicyclic amines) is 1. The van der Waals surface area contributed by atoms with Crippen LogP contribution in [0.4, 0.5) is 0 Å². The molecule has 3 rings (SSSR count). The van der Waals surface area contributed by atoms with Crippen molar-refractivity contribution in [1.82, 2.24) is 15.1 Å². The summed E-state index contributed by atoms with van der Waals surface area (Å²) in [5.74, 6) is 2.59. The first kappa shape index (κ1) is 17.5. The fourth-order valence-corrected chi connectivity index (χ4v) is 5.11. The van der Waals surface area contributed by atoms with Gasteiger partial charge in [-0.05, 0) is 26.7 Å². The Hall–Kier alpha value is -0.300. The molecule has 1 N–H and O–H groups in total. The molecule has 0 aromatic rings. The Labute approximate surface area is 144 Å². The summed E-state index contributed by atoms with van der Waals surface area (Å²) < 4.78 is 5.82. The van der Waals surface area contributed by atoms with Crippen LogP contribution in [0, 0.1) is 0 Å². The average molecular weight is 342 g/mol. The number of hydrogen-bond donors (Lipinski definition) is 1. The summed E-state index contributed by atoms with van der Waals surface area (Å²) in [6, 6.07) is 0.766. The van der Waals surface area contributed by atoms with Crippen molar-refractivity contribution in [3.63, 3.8) is 0 Å². The van der Waals surface area contributed by atoms with Gasteiger partial charge in [-0.15, -0.1) is 0 Å². The van der Waals surface area contributed by atoms with Crippen molar-refractivity contribution in [3.8, 4) is 0 Å². The van der Waals surface area contributed by atoms with Gasteiger partial charge in [0.25, 0.3) is 0 Å². The number of ether oxygens (including phenoxy) is 1. The zero-order valence-corrected chi connectivity index (χ0v) is 15.3. The van der Waals surface area contributed by atoms with Crippen LogP contribution >= 0.6 is 11.8 Å². The van der Waals surface area contributed by atoms with Gasteiger partial charge in [0.05, 0.1) is 12.2 Å². The molecule has 4 unspecified atom stereocenters. The van der Waals surface area contributed by atoms with Crippen LogP contribution in [0.5, 0.6) is 0 Å². The summed E-state index contributed by atoms with van der Waals surface area (Å²) in [7, 11) is 0. The number of nitrogens with zero attached hydrogens (tertiary/aromatic N) is 2. The molecule has 3 fully saturated rings. The topological polar surface area (TPSA) is 44.8 Å². The van der Waals surface area contributed by atoms with E-state index in [4.69, 9.17) is 4.74 Å². The second-order valence-corrected chi connectivity index (χ2v) is 8.44. The number of thioether (sulfide) groups is 1. The Balaban J connectivity index is 1.51. The molecule has 1 amide bonds. The second-order valence-electron chi connectivity index (χ2n) is 7.29. The molecule has 5 nitrogen and oxygen atoms in total. The molecule has 4 atom stereocenters. The third-order valence-corrected chi connectivity index (χ3v) is 6.21. The standard InChI is InChI=1S/C17H31N3O2S/c1-13-9-19(10-14(2)22-13)11-16-4-3-6-20(16)17(21)8-15-12-23-7-5-18-15/h13-16,18H,3-12H2,1-2H3. The molecule has 3 saturated heterocycles. The number of nitrogens with one attached hydrogen (secondary N) is 1. The SMILES string of the molecule is CC1CN(CC2CCCN2C(=O)CC2CSCCN2)CC(C)O1. The minimum atomic E-state index is 0.299. The predicted molar refractivity (Wildman–Crippen MR) is 94.9 cm³/mol. The van der Waals surface area contributed by atoms with E-state index in [2.05, 4.69) is 29.0 Å². The Kier molecular flexibility index (Phi) is 6.24. The van der Waals surface area contributed by atoms with E-state index < -0.39 is 0 Å². The predicted octanol–water partition coefficient (Wildman–Crippen LogP) is 1.18. The molecule has 0 aliphatic carbocycles. The van der Waals surface area contributed by atoms with E-state index in [0.717, 1.165) is 51.3 Å². The van der Waals surface area contributed by atoms with Gasteiger partial charge in [0.15, 0.2) is 0 Å². The van der Waals surface area contributed by atoms with E-state index in [1.807, 2.05) is 11.8 Å². The first-order chi connectivity index (χ1) is 11.1. The van der Waals surface area contributed by atoms with Gasteiger partial charge < -0.3 is 15.0 Å². The maximum Gasteiger partial charge on any atom is 0.224 e. The molecule has 0 aromatic carbocycles. The smallest absolute Gasteiger partial charge is 0.224 e. The lowest BCUT2D eigenvalue weighted by Crippen LogP contribution is -2.51. The third kappa shape index (κ3) is 4.84. The van der Waals surface area contributed by atoms with E-state index in [1.54, 1.807) is 0 Å². The van der Waals surface area contributed by atoms with Crippen LogP contribution in [0.3, 0.4) is 0 Å². The second kappa shape index (κ2) is 8.19. The van der Waals surface area contributed by atoms with Crippen LogP contribution in [0.1, 0.15) is 33.1 Å². The Morgan fingerprint density at radius 1 is 1.30 bits per heavy atom. The minimum absolute atomic E-state index is 0.299. The number of rotatable bonds is 4. The monoisotopic (exact) mass is 341 g/mol. The molecule has 0 radical (unpaired) electrons. The molecule has 0 spiro atoms. The lowest BCUT2D eigenvalue weighted by Gasteiger charge is -2.38.